The van der Waals surface area contributed by atoms with E-state index in [1.807, 2.05) is 47.0 Å². The first kappa shape index (κ1) is 32.1. The van der Waals surface area contributed by atoms with Crippen LogP contribution in [-0.4, -0.2) is 19.3 Å². The fourth-order valence-electron chi connectivity index (χ4n) is 7.34. The average Bonchev–Trinajstić information content (AvgIpc) is 3.70. The van der Waals surface area contributed by atoms with E-state index in [0.717, 1.165) is 55.6 Å². The van der Waals surface area contributed by atoms with Gasteiger partial charge in [-0.15, -0.1) is 0 Å². The van der Waals surface area contributed by atoms with Gasteiger partial charge in [0.1, 0.15) is 23.1 Å². The molecule has 0 unspecified atom stereocenters. The molecule has 0 aliphatic heterocycles. The van der Waals surface area contributed by atoms with E-state index in [-0.39, 0.29) is 5.82 Å². The molecule has 0 aliphatic carbocycles. The van der Waals surface area contributed by atoms with Crippen molar-refractivity contribution in [1.82, 2.24) is 19.3 Å². The fraction of sp³-hybridized carbons (Fsp3) is 0.0638. The van der Waals surface area contributed by atoms with Gasteiger partial charge in [-0.05, 0) is 65.6 Å². The molecule has 53 heavy (non-hydrogen) atoms. The second-order valence-electron chi connectivity index (χ2n) is 13.3. The second kappa shape index (κ2) is 13.7. The molecule has 0 saturated heterocycles. The summed E-state index contributed by atoms with van der Waals surface area (Å²) in [6.07, 6.45) is 2.89. The molecule has 0 radical (unpaired) electrons. The molecule has 0 atom stereocenters. The predicted molar refractivity (Wildman–Crippen MR) is 211 cm³/mol. The van der Waals surface area contributed by atoms with Crippen LogP contribution in [0, 0.1) is 12.7 Å². The van der Waals surface area contributed by atoms with E-state index in [2.05, 4.69) is 126 Å². The van der Waals surface area contributed by atoms with Gasteiger partial charge < -0.3 is 4.74 Å². The highest BCUT2D eigenvalue weighted by Gasteiger charge is 2.22. The summed E-state index contributed by atoms with van der Waals surface area (Å²) >= 11 is 0. The van der Waals surface area contributed by atoms with E-state index in [0.29, 0.717) is 30.2 Å². The molecule has 6 heteroatoms. The number of benzene rings is 6. The number of aromatic nitrogens is 4. The van der Waals surface area contributed by atoms with Crippen molar-refractivity contribution in [3.8, 4) is 34.1 Å². The van der Waals surface area contributed by atoms with Crippen LogP contribution in [0.5, 0.6) is 11.5 Å². The molecule has 6 aromatic carbocycles. The highest BCUT2D eigenvalue weighted by molar-refractivity contribution is 6.09. The molecule has 0 bridgehead atoms. The van der Waals surface area contributed by atoms with Gasteiger partial charge in [0.25, 0.3) is 0 Å². The Morgan fingerprint density at radius 2 is 1.28 bits per heavy atom. The summed E-state index contributed by atoms with van der Waals surface area (Å²) in [6, 6.07) is 54.9. The number of para-hydroxylation sites is 1. The molecule has 0 aliphatic rings. The van der Waals surface area contributed by atoms with Crippen LogP contribution in [0.25, 0.3) is 44.4 Å². The fourth-order valence-corrected chi connectivity index (χ4v) is 7.34. The summed E-state index contributed by atoms with van der Waals surface area (Å²) < 4.78 is 25.2. The maximum Gasteiger partial charge on any atom is 0.140 e. The van der Waals surface area contributed by atoms with Gasteiger partial charge in [-0.1, -0.05) is 109 Å². The lowest BCUT2D eigenvalue weighted by molar-refractivity contribution is 0.482. The van der Waals surface area contributed by atoms with Crippen molar-refractivity contribution in [3.05, 3.63) is 204 Å². The summed E-state index contributed by atoms with van der Waals surface area (Å²) in [7, 11) is 0. The standard InChI is InChI=1S/C47H35FN4O/c1-32-25-37(30-39(26-32)53-38-21-22-41-40-19-11-12-20-43(40)51(44(41)31-38)46-29-36(48)23-24-49-46)52-45(28-34-15-7-3-8-16-34)47(35-17-9-4-10-18-35)42(50-52)27-33-13-5-2-6-14-33/h2-26,29-31H,27-28H2,1H3. The van der Waals surface area contributed by atoms with Gasteiger partial charge >= 0.3 is 0 Å². The Balaban J connectivity index is 1.17. The number of nitrogens with zero attached hydrogens (tertiary/aromatic N) is 4. The Bertz CT molecular complexity index is 2720. The minimum absolute atomic E-state index is 0.340. The third kappa shape index (κ3) is 6.36. The molecule has 3 aromatic heterocycles. The topological polar surface area (TPSA) is 44.9 Å². The Labute approximate surface area is 307 Å². The van der Waals surface area contributed by atoms with Gasteiger partial charge in [0.2, 0.25) is 0 Å². The highest BCUT2D eigenvalue weighted by atomic mass is 19.1. The quantitative estimate of drug-likeness (QED) is 0.151. The molecule has 0 fully saturated rings. The van der Waals surface area contributed by atoms with Gasteiger partial charge in [-0.25, -0.2) is 14.1 Å². The van der Waals surface area contributed by atoms with E-state index < -0.39 is 0 Å². The number of halogens is 1. The molecule has 0 saturated carbocycles. The van der Waals surface area contributed by atoms with E-state index in [1.54, 1.807) is 0 Å². The van der Waals surface area contributed by atoms with Crippen molar-refractivity contribution in [2.75, 3.05) is 0 Å². The molecule has 0 amide bonds. The van der Waals surface area contributed by atoms with Gasteiger partial charge in [0.15, 0.2) is 0 Å². The van der Waals surface area contributed by atoms with Gasteiger partial charge in [0.05, 0.1) is 28.1 Å². The lowest BCUT2D eigenvalue weighted by atomic mass is 9.96. The Hall–Kier alpha value is -6.79. The van der Waals surface area contributed by atoms with Crippen LogP contribution in [0.15, 0.2) is 170 Å². The van der Waals surface area contributed by atoms with E-state index in [9.17, 15) is 4.39 Å². The largest absolute Gasteiger partial charge is 0.457 e. The van der Waals surface area contributed by atoms with Crippen molar-refractivity contribution >= 4 is 21.8 Å². The Morgan fingerprint density at radius 1 is 0.604 bits per heavy atom. The van der Waals surface area contributed by atoms with Crippen LogP contribution in [0.2, 0.25) is 0 Å². The van der Waals surface area contributed by atoms with Crippen molar-refractivity contribution in [1.29, 1.82) is 0 Å². The SMILES string of the molecule is Cc1cc(Oc2ccc3c4ccccc4n(-c4cc(F)ccn4)c3c2)cc(-n2nc(Cc3ccccc3)c(-c3ccccc3)c2Cc2ccccc2)c1. The van der Waals surface area contributed by atoms with Crippen molar-refractivity contribution in [2.24, 2.45) is 0 Å². The molecule has 0 spiro atoms. The van der Waals surface area contributed by atoms with E-state index >= 15 is 0 Å². The van der Waals surface area contributed by atoms with E-state index in [4.69, 9.17) is 9.84 Å². The number of aryl methyl sites for hydroxylation is 1. The number of pyridine rings is 1. The normalized spacial score (nSPS) is 11.4. The van der Waals surface area contributed by atoms with Gasteiger partial charge in [0, 0.05) is 53.6 Å². The number of ether oxygens (including phenoxy) is 1. The smallest absolute Gasteiger partial charge is 0.140 e. The molecule has 9 aromatic rings. The molecule has 0 N–H and O–H groups in total. The number of fused-ring (bicyclic) bond motifs is 3. The lowest BCUT2D eigenvalue weighted by Crippen LogP contribution is -2.05. The zero-order valence-corrected chi connectivity index (χ0v) is 29.2. The van der Waals surface area contributed by atoms with E-state index in [1.165, 1.54) is 29.5 Å². The molecular formula is C47H35FN4O. The summed E-state index contributed by atoms with van der Waals surface area (Å²) in [5, 5.41) is 7.47. The van der Waals surface area contributed by atoms with Crippen molar-refractivity contribution < 1.29 is 9.13 Å². The van der Waals surface area contributed by atoms with Crippen LogP contribution < -0.4 is 4.74 Å². The highest BCUT2D eigenvalue weighted by Crippen LogP contribution is 2.37. The second-order valence-corrected chi connectivity index (χ2v) is 13.3. The molecule has 256 valence electrons. The van der Waals surface area contributed by atoms with Crippen LogP contribution in [0.3, 0.4) is 0 Å². The van der Waals surface area contributed by atoms with Crippen LogP contribution in [-0.2, 0) is 12.8 Å². The maximum absolute atomic E-state index is 14.4. The van der Waals surface area contributed by atoms with Gasteiger partial charge in [-0.2, -0.15) is 5.10 Å². The Kier molecular flexibility index (Phi) is 8.33. The third-order valence-electron chi connectivity index (χ3n) is 9.64. The molecule has 9 rings (SSSR count). The summed E-state index contributed by atoms with van der Waals surface area (Å²) in [4.78, 5) is 4.52. The zero-order chi connectivity index (χ0) is 35.7. The minimum atomic E-state index is -0.340. The number of rotatable bonds is 9. The summed E-state index contributed by atoms with van der Waals surface area (Å²) in [5.41, 5.74) is 10.6. The Morgan fingerprint density at radius 3 is 2.04 bits per heavy atom. The summed E-state index contributed by atoms with van der Waals surface area (Å²) in [5.74, 6) is 1.52. The molecule has 3 heterocycles. The zero-order valence-electron chi connectivity index (χ0n) is 29.2. The first-order valence-corrected chi connectivity index (χ1v) is 17.8. The van der Waals surface area contributed by atoms with Gasteiger partial charge in [-0.3, -0.25) is 4.57 Å². The number of hydrogen-bond donors (Lipinski definition) is 0. The third-order valence-corrected chi connectivity index (χ3v) is 9.64. The van der Waals surface area contributed by atoms with Crippen LogP contribution in [0.4, 0.5) is 4.39 Å². The predicted octanol–water partition coefficient (Wildman–Crippen LogP) is 11.5. The minimum Gasteiger partial charge on any atom is -0.457 e. The summed E-state index contributed by atoms with van der Waals surface area (Å²) in [6.45, 7) is 2.08. The lowest BCUT2D eigenvalue weighted by Gasteiger charge is -2.14. The van der Waals surface area contributed by atoms with Crippen molar-refractivity contribution in [2.45, 2.75) is 19.8 Å². The van der Waals surface area contributed by atoms with Crippen LogP contribution >= 0.6 is 0 Å². The maximum atomic E-state index is 14.4. The van der Waals surface area contributed by atoms with Crippen LogP contribution in [0.1, 0.15) is 28.1 Å². The average molecular weight is 691 g/mol. The first-order chi connectivity index (χ1) is 26.1. The monoisotopic (exact) mass is 690 g/mol. The first-order valence-electron chi connectivity index (χ1n) is 17.8. The molecule has 5 nitrogen and oxygen atoms in total. The van der Waals surface area contributed by atoms with Crippen molar-refractivity contribution in [3.63, 3.8) is 0 Å². The number of hydrogen-bond acceptors (Lipinski definition) is 3. The molecular weight excluding hydrogens is 656 g/mol.